The Morgan fingerprint density at radius 1 is 1.18 bits per heavy atom. The number of anilines is 1. The first-order valence-corrected chi connectivity index (χ1v) is 5.75. The van der Waals surface area contributed by atoms with Crippen molar-refractivity contribution in [2.45, 2.75) is 0 Å². The standard InChI is InChI=1S/C13H13ClN2O/c14-11-3-5-12(6-4-11)16-8-9-17-13-2-1-7-15-10-13/h1-7,10,16H,8-9H2. The van der Waals surface area contributed by atoms with Gasteiger partial charge in [0.1, 0.15) is 12.4 Å². The molecule has 0 fully saturated rings. The van der Waals surface area contributed by atoms with Gasteiger partial charge in [-0.1, -0.05) is 11.6 Å². The van der Waals surface area contributed by atoms with Crippen molar-refractivity contribution in [1.82, 2.24) is 4.98 Å². The molecular formula is C13H13ClN2O. The normalized spacial score (nSPS) is 9.94. The second kappa shape index (κ2) is 6.11. The summed E-state index contributed by atoms with van der Waals surface area (Å²) < 4.78 is 5.50. The number of pyridine rings is 1. The molecule has 1 aromatic carbocycles. The zero-order chi connectivity index (χ0) is 11.9. The van der Waals surface area contributed by atoms with Gasteiger partial charge < -0.3 is 10.1 Å². The van der Waals surface area contributed by atoms with Gasteiger partial charge in [-0.05, 0) is 36.4 Å². The first-order valence-electron chi connectivity index (χ1n) is 5.37. The van der Waals surface area contributed by atoms with Crippen LogP contribution in [-0.2, 0) is 0 Å². The highest BCUT2D eigenvalue weighted by Crippen LogP contribution is 2.13. The summed E-state index contributed by atoms with van der Waals surface area (Å²) in [6, 6.07) is 11.3. The van der Waals surface area contributed by atoms with Crippen LogP contribution in [0.1, 0.15) is 0 Å². The molecule has 17 heavy (non-hydrogen) atoms. The number of rotatable bonds is 5. The van der Waals surface area contributed by atoms with Crippen molar-refractivity contribution in [3.63, 3.8) is 0 Å². The topological polar surface area (TPSA) is 34.1 Å². The number of hydrogen-bond acceptors (Lipinski definition) is 3. The molecular weight excluding hydrogens is 236 g/mol. The van der Waals surface area contributed by atoms with Crippen molar-refractivity contribution in [2.75, 3.05) is 18.5 Å². The van der Waals surface area contributed by atoms with Crippen LogP contribution >= 0.6 is 11.6 Å². The molecule has 2 rings (SSSR count). The monoisotopic (exact) mass is 248 g/mol. The third-order valence-electron chi connectivity index (χ3n) is 2.18. The van der Waals surface area contributed by atoms with E-state index in [0.29, 0.717) is 6.61 Å². The predicted molar refractivity (Wildman–Crippen MR) is 69.7 cm³/mol. The third kappa shape index (κ3) is 3.96. The minimum Gasteiger partial charge on any atom is -0.490 e. The number of benzene rings is 1. The van der Waals surface area contributed by atoms with Crippen molar-refractivity contribution < 1.29 is 4.74 Å². The fraction of sp³-hybridized carbons (Fsp3) is 0.154. The Kier molecular flexibility index (Phi) is 4.22. The maximum Gasteiger partial charge on any atom is 0.137 e. The lowest BCUT2D eigenvalue weighted by atomic mass is 10.3. The molecule has 4 heteroatoms. The molecule has 0 radical (unpaired) electrons. The van der Waals surface area contributed by atoms with Gasteiger partial charge in [-0.15, -0.1) is 0 Å². The summed E-state index contributed by atoms with van der Waals surface area (Å²) in [5.74, 6) is 0.783. The van der Waals surface area contributed by atoms with Gasteiger partial charge in [0.25, 0.3) is 0 Å². The van der Waals surface area contributed by atoms with Gasteiger partial charge in [0.15, 0.2) is 0 Å². The van der Waals surface area contributed by atoms with E-state index < -0.39 is 0 Å². The van der Waals surface area contributed by atoms with Crippen molar-refractivity contribution in [2.24, 2.45) is 0 Å². The minimum atomic E-state index is 0.592. The van der Waals surface area contributed by atoms with E-state index in [2.05, 4.69) is 10.3 Å². The summed E-state index contributed by atoms with van der Waals surface area (Å²) >= 11 is 5.79. The van der Waals surface area contributed by atoms with Gasteiger partial charge in [-0.2, -0.15) is 0 Å². The van der Waals surface area contributed by atoms with Crippen LogP contribution in [0.5, 0.6) is 5.75 Å². The Morgan fingerprint density at radius 2 is 2.00 bits per heavy atom. The molecule has 0 amide bonds. The molecule has 1 aromatic heterocycles. The Labute approximate surface area is 105 Å². The molecule has 0 saturated carbocycles. The quantitative estimate of drug-likeness (QED) is 0.825. The van der Waals surface area contributed by atoms with Crippen LogP contribution in [0.2, 0.25) is 5.02 Å². The van der Waals surface area contributed by atoms with Crippen molar-refractivity contribution >= 4 is 17.3 Å². The molecule has 0 spiro atoms. The number of halogens is 1. The SMILES string of the molecule is Clc1ccc(NCCOc2cccnc2)cc1. The maximum absolute atomic E-state index is 5.79. The molecule has 0 aliphatic rings. The van der Waals surface area contributed by atoms with E-state index in [4.69, 9.17) is 16.3 Å². The largest absolute Gasteiger partial charge is 0.490 e. The predicted octanol–water partition coefficient (Wildman–Crippen LogP) is 3.23. The first-order chi connectivity index (χ1) is 8.34. The summed E-state index contributed by atoms with van der Waals surface area (Å²) in [7, 11) is 0. The third-order valence-corrected chi connectivity index (χ3v) is 2.43. The van der Waals surface area contributed by atoms with Crippen LogP contribution in [0.15, 0.2) is 48.8 Å². The van der Waals surface area contributed by atoms with Crippen LogP contribution in [0.4, 0.5) is 5.69 Å². The smallest absolute Gasteiger partial charge is 0.137 e. The summed E-state index contributed by atoms with van der Waals surface area (Å²) in [6.07, 6.45) is 3.42. The molecule has 0 saturated heterocycles. The van der Waals surface area contributed by atoms with Crippen LogP contribution < -0.4 is 10.1 Å². The highest BCUT2D eigenvalue weighted by atomic mass is 35.5. The Bertz CT molecular complexity index is 445. The molecule has 88 valence electrons. The zero-order valence-corrected chi connectivity index (χ0v) is 10.0. The van der Waals surface area contributed by atoms with Crippen molar-refractivity contribution in [1.29, 1.82) is 0 Å². The van der Waals surface area contributed by atoms with E-state index in [-0.39, 0.29) is 0 Å². The molecule has 3 nitrogen and oxygen atoms in total. The highest BCUT2D eigenvalue weighted by Gasteiger charge is 1.94. The fourth-order valence-electron chi connectivity index (χ4n) is 1.36. The van der Waals surface area contributed by atoms with Crippen LogP contribution in [0.25, 0.3) is 0 Å². The molecule has 1 N–H and O–H groups in total. The second-order valence-electron chi connectivity index (χ2n) is 3.47. The molecule has 0 aliphatic carbocycles. The summed E-state index contributed by atoms with van der Waals surface area (Å²) in [6.45, 7) is 1.32. The molecule has 0 atom stereocenters. The van der Waals surface area contributed by atoms with E-state index >= 15 is 0 Å². The average Bonchev–Trinajstić information content (AvgIpc) is 2.38. The maximum atomic E-state index is 5.79. The first kappa shape index (κ1) is 11.7. The average molecular weight is 249 g/mol. The summed E-state index contributed by atoms with van der Waals surface area (Å²) in [5, 5.41) is 3.98. The van der Waals surface area contributed by atoms with E-state index in [1.165, 1.54) is 0 Å². The summed E-state index contributed by atoms with van der Waals surface area (Å²) in [5.41, 5.74) is 1.03. The fourth-order valence-corrected chi connectivity index (χ4v) is 1.49. The van der Waals surface area contributed by atoms with Gasteiger partial charge in [-0.3, -0.25) is 4.98 Å². The number of nitrogens with one attached hydrogen (secondary N) is 1. The van der Waals surface area contributed by atoms with Crippen molar-refractivity contribution in [3.05, 3.63) is 53.8 Å². The minimum absolute atomic E-state index is 0.592. The second-order valence-corrected chi connectivity index (χ2v) is 3.91. The van der Waals surface area contributed by atoms with Crippen LogP contribution in [-0.4, -0.2) is 18.1 Å². The number of aromatic nitrogens is 1. The van der Waals surface area contributed by atoms with Gasteiger partial charge in [0.2, 0.25) is 0 Å². The van der Waals surface area contributed by atoms with Gasteiger partial charge in [0, 0.05) is 23.5 Å². The molecule has 0 bridgehead atoms. The Balaban J connectivity index is 1.71. The van der Waals surface area contributed by atoms with Crippen LogP contribution in [0.3, 0.4) is 0 Å². The lowest BCUT2D eigenvalue weighted by molar-refractivity contribution is 0.331. The zero-order valence-electron chi connectivity index (χ0n) is 9.27. The summed E-state index contributed by atoms with van der Waals surface area (Å²) in [4.78, 5) is 3.97. The van der Waals surface area contributed by atoms with Crippen LogP contribution in [0, 0.1) is 0 Å². The molecule has 1 heterocycles. The number of ether oxygens (including phenoxy) is 1. The van der Waals surface area contributed by atoms with E-state index in [1.807, 2.05) is 36.4 Å². The lowest BCUT2D eigenvalue weighted by Gasteiger charge is -2.08. The van der Waals surface area contributed by atoms with Gasteiger partial charge >= 0.3 is 0 Å². The molecule has 0 unspecified atom stereocenters. The van der Waals surface area contributed by atoms with Gasteiger partial charge in [-0.25, -0.2) is 0 Å². The van der Waals surface area contributed by atoms with Gasteiger partial charge in [0.05, 0.1) is 6.20 Å². The Hall–Kier alpha value is -1.74. The molecule has 0 aliphatic heterocycles. The van der Waals surface area contributed by atoms with E-state index in [9.17, 15) is 0 Å². The number of nitrogens with zero attached hydrogens (tertiary/aromatic N) is 1. The van der Waals surface area contributed by atoms with Crippen molar-refractivity contribution in [3.8, 4) is 5.75 Å². The Morgan fingerprint density at radius 3 is 2.71 bits per heavy atom. The lowest BCUT2D eigenvalue weighted by Crippen LogP contribution is -2.11. The van der Waals surface area contributed by atoms with E-state index in [0.717, 1.165) is 23.0 Å². The molecule has 2 aromatic rings. The number of hydrogen-bond donors (Lipinski definition) is 1. The highest BCUT2D eigenvalue weighted by molar-refractivity contribution is 6.30. The van der Waals surface area contributed by atoms with E-state index in [1.54, 1.807) is 12.4 Å².